The number of aliphatic carboxylic acids is 1. The summed E-state index contributed by atoms with van der Waals surface area (Å²) in [6.07, 6.45) is 6.62. The number of carbonyl (C=O) groups excluding carboxylic acids is 1. The van der Waals surface area contributed by atoms with E-state index >= 15 is 0 Å². The number of rotatable bonds is 3. The van der Waals surface area contributed by atoms with Crippen molar-refractivity contribution in [2.75, 3.05) is 0 Å². The van der Waals surface area contributed by atoms with Gasteiger partial charge in [-0.05, 0) is 56.6 Å². The van der Waals surface area contributed by atoms with Crippen LogP contribution in [-0.4, -0.2) is 23.0 Å². The number of aryl methyl sites for hydroxylation is 2. The minimum absolute atomic E-state index is 0.0164. The van der Waals surface area contributed by atoms with Crippen LogP contribution in [0, 0.1) is 5.92 Å². The summed E-state index contributed by atoms with van der Waals surface area (Å²) in [6.45, 7) is 0. The van der Waals surface area contributed by atoms with E-state index in [0.717, 1.165) is 24.1 Å². The minimum atomic E-state index is -0.742. The van der Waals surface area contributed by atoms with Gasteiger partial charge in [0.2, 0.25) is 0 Å². The Kier molecular flexibility index (Phi) is 3.78. The molecule has 1 amide bonds. The van der Waals surface area contributed by atoms with Gasteiger partial charge in [-0.3, -0.25) is 9.59 Å². The molecule has 3 rings (SSSR count). The van der Waals surface area contributed by atoms with Crippen LogP contribution in [0.4, 0.5) is 0 Å². The zero-order chi connectivity index (χ0) is 14.1. The van der Waals surface area contributed by atoms with E-state index in [-0.39, 0.29) is 17.9 Å². The summed E-state index contributed by atoms with van der Waals surface area (Å²) in [5, 5.41) is 12.0. The summed E-state index contributed by atoms with van der Waals surface area (Å²) >= 11 is 1.61. The maximum absolute atomic E-state index is 12.2. The topological polar surface area (TPSA) is 66.4 Å². The molecular weight excluding hydrogens is 274 g/mol. The van der Waals surface area contributed by atoms with Gasteiger partial charge in [-0.25, -0.2) is 0 Å². The van der Waals surface area contributed by atoms with Crippen LogP contribution in [0.15, 0.2) is 6.07 Å². The predicted molar refractivity (Wildman–Crippen MR) is 77.2 cm³/mol. The molecule has 2 atom stereocenters. The van der Waals surface area contributed by atoms with Gasteiger partial charge in [-0.15, -0.1) is 11.3 Å². The van der Waals surface area contributed by atoms with Crippen LogP contribution in [0.1, 0.15) is 52.2 Å². The highest BCUT2D eigenvalue weighted by atomic mass is 32.1. The monoisotopic (exact) mass is 293 g/mol. The Morgan fingerprint density at radius 2 is 2.05 bits per heavy atom. The molecule has 2 aliphatic carbocycles. The van der Waals surface area contributed by atoms with Gasteiger partial charge in [0.05, 0.1) is 10.8 Å². The van der Waals surface area contributed by atoms with E-state index in [4.69, 9.17) is 5.11 Å². The maximum Gasteiger partial charge on any atom is 0.306 e. The van der Waals surface area contributed by atoms with Crippen LogP contribution in [0.5, 0.6) is 0 Å². The zero-order valence-electron chi connectivity index (χ0n) is 11.4. The average Bonchev–Trinajstić information content (AvgIpc) is 3.04. The van der Waals surface area contributed by atoms with Crippen LogP contribution in [-0.2, 0) is 17.6 Å². The second-order valence-electron chi connectivity index (χ2n) is 5.78. The SMILES string of the molecule is O=C(NC1CCC(C(=O)O)C1)c1cc2c(s1)CCCC2. The summed E-state index contributed by atoms with van der Waals surface area (Å²) < 4.78 is 0. The summed E-state index contributed by atoms with van der Waals surface area (Å²) in [5.74, 6) is -1.06. The standard InChI is InChI=1S/C15H19NO3S/c17-14(16-11-6-5-10(7-11)15(18)19)13-8-9-3-1-2-4-12(9)20-13/h8,10-11H,1-7H2,(H,16,17)(H,18,19). The number of carboxylic acids is 1. The molecule has 0 saturated heterocycles. The summed E-state index contributed by atoms with van der Waals surface area (Å²) in [6, 6.07) is 2.04. The third kappa shape index (κ3) is 2.73. The Balaban J connectivity index is 1.62. The molecule has 1 fully saturated rings. The average molecular weight is 293 g/mol. The molecule has 0 bridgehead atoms. The molecule has 2 N–H and O–H groups in total. The fourth-order valence-electron chi connectivity index (χ4n) is 3.20. The number of carboxylic acid groups (broad SMARTS) is 1. The van der Waals surface area contributed by atoms with Gasteiger partial charge in [-0.1, -0.05) is 0 Å². The fraction of sp³-hybridized carbons (Fsp3) is 0.600. The molecule has 20 heavy (non-hydrogen) atoms. The summed E-state index contributed by atoms with van der Waals surface area (Å²) in [7, 11) is 0. The molecule has 1 aromatic heterocycles. The molecule has 4 nitrogen and oxygen atoms in total. The highest BCUT2D eigenvalue weighted by Crippen LogP contribution is 2.30. The Bertz CT molecular complexity index is 514. The molecule has 1 aromatic rings. The molecule has 1 saturated carbocycles. The molecular formula is C15H19NO3S. The number of hydrogen-bond donors (Lipinski definition) is 2. The van der Waals surface area contributed by atoms with E-state index in [1.165, 1.54) is 23.3 Å². The number of nitrogens with one attached hydrogen (secondary N) is 1. The van der Waals surface area contributed by atoms with Crippen LogP contribution >= 0.6 is 11.3 Å². The Morgan fingerprint density at radius 3 is 2.75 bits per heavy atom. The minimum Gasteiger partial charge on any atom is -0.481 e. The third-order valence-corrected chi connectivity index (χ3v) is 5.57. The van der Waals surface area contributed by atoms with E-state index < -0.39 is 5.97 Å². The van der Waals surface area contributed by atoms with Crippen molar-refractivity contribution in [1.29, 1.82) is 0 Å². The fourth-order valence-corrected chi connectivity index (χ4v) is 4.35. The second-order valence-corrected chi connectivity index (χ2v) is 6.92. The molecule has 0 aliphatic heterocycles. The lowest BCUT2D eigenvalue weighted by atomic mass is 9.99. The van der Waals surface area contributed by atoms with Crippen LogP contribution in [0.3, 0.4) is 0 Å². The van der Waals surface area contributed by atoms with E-state index in [1.54, 1.807) is 11.3 Å². The largest absolute Gasteiger partial charge is 0.481 e. The number of thiophene rings is 1. The summed E-state index contributed by atoms with van der Waals surface area (Å²) in [5.41, 5.74) is 1.33. The highest BCUT2D eigenvalue weighted by Gasteiger charge is 2.31. The number of amides is 1. The second kappa shape index (κ2) is 5.56. The lowest BCUT2D eigenvalue weighted by Gasteiger charge is -2.11. The van der Waals surface area contributed by atoms with E-state index in [9.17, 15) is 9.59 Å². The van der Waals surface area contributed by atoms with Crippen LogP contribution in [0.2, 0.25) is 0 Å². The van der Waals surface area contributed by atoms with Gasteiger partial charge < -0.3 is 10.4 Å². The Hall–Kier alpha value is -1.36. The first-order valence-electron chi connectivity index (χ1n) is 7.28. The predicted octanol–water partition coefficient (Wildman–Crippen LogP) is 2.61. The number of hydrogen-bond acceptors (Lipinski definition) is 3. The third-order valence-electron chi connectivity index (χ3n) is 4.34. The molecule has 108 valence electrons. The quantitative estimate of drug-likeness (QED) is 0.900. The lowest BCUT2D eigenvalue weighted by molar-refractivity contribution is -0.141. The van der Waals surface area contributed by atoms with Crippen molar-refractivity contribution < 1.29 is 14.7 Å². The van der Waals surface area contributed by atoms with Gasteiger partial charge in [0.1, 0.15) is 0 Å². The van der Waals surface area contributed by atoms with Gasteiger partial charge in [0, 0.05) is 10.9 Å². The maximum atomic E-state index is 12.2. The van der Waals surface area contributed by atoms with E-state index in [0.29, 0.717) is 12.8 Å². The van der Waals surface area contributed by atoms with Crippen molar-refractivity contribution in [3.05, 3.63) is 21.4 Å². The molecule has 0 aromatic carbocycles. The highest BCUT2D eigenvalue weighted by molar-refractivity contribution is 7.14. The Labute approximate surface area is 122 Å². The molecule has 0 spiro atoms. The van der Waals surface area contributed by atoms with Gasteiger partial charge >= 0.3 is 5.97 Å². The first-order valence-corrected chi connectivity index (χ1v) is 8.10. The molecule has 2 unspecified atom stereocenters. The summed E-state index contributed by atoms with van der Waals surface area (Å²) in [4.78, 5) is 25.3. The van der Waals surface area contributed by atoms with Crippen LogP contribution in [0.25, 0.3) is 0 Å². The number of carbonyl (C=O) groups is 2. The van der Waals surface area contributed by atoms with E-state index in [2.05, 4.69) is 5.32 Å². The smallest absolute Gasteiger partial charge is 0.306 e. The van der Waals surface area contributed by atoms with Crippen molar-refractivity contribution in [3.8, 4) is 0 Å². The van der Waals surface area contributed by atoms with E-state index in [1.807, 2.05) is 6.07 Å². The van der Waals surface area contributed by atoms with Crippen molar-refractivity contribution in [2.24, 2.45) is 5.92 Å². The number of fused-ring (bicyclic) bond motifs is 1. The van der Waals surface area contributed by atoms with Crippen molar-refractivity contribution in [3.63, 3.8) is 0 Å². The van der Waals surface area contributed by atoms with Crippen molar-refractivity contribution in [1.82, 2.24) is 5.32 Å². The van der Waals surface area contributed by atoms with Gasteiger partial charge in [-0.2, -0.15) is 0 Å². The molecule has 0 radical (unpaired) electrons. The van der Waals surface area contributed by atoms with Crippen molar-refractivity contribution >= 4 is 23.2 Å². The normalized spacial score (nSPS) is 25.2. The molecule has 2 aliphatic rings. The Morgan fingerprint density at radius 1 is 1.25 bits per heavy atom. The lowest BCUT2D eigenvalue weighted by Crippen LogP contribution is -2.32. The van der Waals surface area contributed by atoms with Gasteiger partial charge in [0.25, 0.3) is 5.91 Å². The zero-order valence-corrected chi connectivity index (χ0v) is 12.2. The first kappa shape index (κ1) is 13.6. The first-order chi connectivity index (χ1) is 9.63. The molecule has 1 heterocycles. The van der Waals surface area contributed by atoms with Gasteiger partial charge in [0.15, 0.2) is 0 Å². The molecule has 5 heteroatoms. The van der Waals surface area contributed by atoms with Crippen LogP contribution < -0.4 is 5.32 Å². The van der Waals surface area contributed by atoms with Crippen molar-refractivity contribution in [2.45, 2.75) is 51.0 Å².